The van der Waals surface area contributed by atoms with E-state index < -0.39 is 0 Å². The van der Waals surface area contributed by atoms with E-state index in [4.69, 9.17) is 4.74 Å². The zero-order chi connectivity index (χ0) is 10.4. The first-order valence-electron chi connectivity index (χ1n) is 4.21. The number of halogens is 1. The second kappa shape index (κ2) is 5.29. The Morgan fingerprint density at radius 1 is 1.43 bits per heavy atom. The van der Waals surface area contributed by atoms with Crippen LogP contribution in [0, 0.1) is 5.82 Å². The third-order valence-electron chi connectivity index (χ3n) is 1.64. The third kappa shape index (κ3) is 3.11. The zero-order valence-corrected chi connectivity index (χ0v) is 7.70. The summed E-state index contributed by atoms with van der Waals surface area (Å²) in [6, 6.07) is 5.38. The number of ether oxygens (including phenoxy) is 1. The fourth-order valence-corrected chi connectivity index (χ4v) is 0.954. The molecular weight excluding hydrogens is 183 g/mol. The van der Waals surface area contributed by atoms with Crippen molar-refractivity contribution in [2.75, 3.05) is 13.2 Å². The van der Waals surface area contributed by atoms with Crippen molar-refractivity contribution in [2.24, 2.45) is 0 Å². The molecule has 0 radical (unpaired) electrons. The van der Waals surface area contributed by atoms with Gasteiger partial charge in [-0.15, -0.1) is 6.58 Å². The van der Waals surface area contributed by atoms with Crippen molar-refractivity contribution in [3.63, 3.8) is 0 Å². The summed E-state index contributed by atoms with van der Waals surface area (Å²) >= 11 is 0. The maximum atomic E-state index is 12.5. The monoisotopic (exact) mass is 194 g/mol. The van der Waals surface area contributed by atoms with E-state index in [0.29, 0.717) is 12.2 Å². The Labute approximate surface area is 82.0 Å². The molecule has 0 saturated carbocycles. The van der Waals surface area contributed by atoms with Gasteiger partial charge < -0.3 is 4.74 Å². The van der Waals surface area contributed by atoms with E-state index in [0.717, 1.165) is 0 Å². The SMILES string of the molecule is C=CCOCC(=O)c1ccc(F)cc1. The molecule has 1 aromatic rings. The van der Waals surface area contributed by atoms with Gasteiger partial charge in [-0.05, 0) is 24.3 Å². The summed E-state index contributed by atoms with van der Waals surface area (Å²) in [7, 11) is 0. The third-order valence-corrected chi connectivity index (χ3v) is 1.64. The first-order chi connectivity index (χ1) is 6.74. The molecule has 0 saturated heterocycles. The van der Waals surface area contributed by atoms with Crippen LogP contribution in [0.25, 0.3) is 0 Å². The summed E-state index contributed by atoms with van der Waals surface area (Å²) in [5.41, 5.74) is 0.454. The number of carbonyl (C=O) groups is 1. The van der Waals surface area contributed by atoms with E-state index >= 15 is 0 Å². The van der Waals surface area contributed by atoms with Crippen molar-refractivity contribution in [3.8, 4) is 0 Å². The van der Waals surface area contributed by atoms with Crippen LogP contribution in [0.4, 0.5) is 4.39 Å². The lowest BCUT2D eigenvalue weighted by atomic mass is 10.1. The number of rotatable bonds is 5. The van der Waals surface area contributed by atoms with Gasteiger partial charge in [-0.1, -0.05) is 6.08 Å². The molecule has 0 N–H and O–H groups in total. The molecule has 1 aromatic carbocycles. The normalized spacial score (nSPS) is 9.79. The van der Waals surface area contributed by atoms with Crippen molar-refractivity contribution in [1.82, 2.24) is 0 Å². The van der Waals surface area contributed by atoms with Crippen LogP contribution in [0.1, 0.15) is 10.4 Å². The topological polar surface area (TPSA) is 26.3 Å². The van der Waals surface area contributed by atoms with Crippen molar-refractivity contribution in [3.05, 3.63) is 48.3 Å². The summed E-state index contributed by atoms with van der Waals surface area (Å²) in [4.78, 5) is 11.3. The summed E-state index contributed by atoms with van der Waals surface area (Å²) in [6.45, 7) is 3.79. The van der Waals surface area contributed by atoms with Crippen LogP contribution < -0.4 is 0 Å². The van der Waals surface area contributed by atoms with Gasteiger partial charge in [0.1, 0.15) is 12.4 Å². The maximum Gasteiger partial charge on any atom is 0.188 e. The maximum absolute atomic E-state index is 12.5. The standard InChI is InChI=1S/C11H11FO2/c1-2-7-14-8-11(13)9-3-5-10(12)6-4-9/h2-6H,1,7-8H2. The van der Waals surface area contributed by atoms with Gasteiger partial charge in [0.15, 0.2) is 5.78 Å². The molecule has 0 aliphatic rings. The number of hydrogen-bond donors (Lipinski definition) is 0. The Balaban J connectivity index is 2.52. The summed E-state index contributed by atoms with van der Waals surface area (Å²) in [5, 5.41) is 0. The molecule has 0 amide bonds. The first-order valence-corrected chi connectivity index (χ1v) is 4.21. The molecule has 3 heteroatoms. The van der Waals surface area contributed by atoms with Gasteiger partial charge in [0.05, 0.1) is 6.61 Å². The number of Topliss-reactive ketones (excluding diaryl/α,β-unsaturated/α-hetero) is 1. The number of hydrogen-bond acceptors (Lipinski definition) is 2. The average molecular weight is 194 g/mol. The van der Waals surface area contributed by atoms with Gasteiger partial charge in [0, 0.05) is 5.56 Å². The summed E-state index contributed by atoms with van der Waals surface area (Å²) in [5.74, 6) is -0.514. The van der Waals surface area contributed by atoms with E-state index in [9.17, 15) is 9.18 Å². The molecule has 0 unspecified atom stereocenters. The highest BCUT2D eigenvalue weighted by molar-refractivity contribution is 5.97. The highest BCUT2D eigenvalue weighted by atomic mass is 19.1. The second-order valence-corrected chi connectivity index (χ2v) is 2.73. The van der Waals surface area contributed by atoms with Crippen molar-refractivity contribution in [2.45, 2.75) is 0 Å². The molecule has 0 spiro atoms. The fourth-order valence-electron chi connectivity index (χ4n) is 0.954. The minimum atomic E-state index is -0.353. The Kier molecular flexibility index (Phi) is 4.01. The molecular formula is C11H11FO2. The predicted octanol–water partition coefficient (Wildman–Crippen LogP) is 2.21. The number of benzene rings is 1. The lowest BCUT2D eigenvalue weighted by Crippen LogP contribution is -2.08. The summed E-state index contributed by atoms with van der Waals surface area (Å²) in [6.07, 6.45) is 1.57. The smallest absolute Gasteiger partial charge is 0.188 e. The van der Waals surface area contributed by atoms with E-state index in [1.807, 2.05) is 0 Å². The lowest BCUT2D eigenvalue weighted by molar-refractivity contribution is 0.0806. The van der Waals surface area contributed by atoms with Crippen LogP contribution >= 0.6 is 0 Å². The van der Waals surface area contributed by atoms with Crippen LogP contribution in [0.3, 0.4) is 0 Å². The fraction of sp³-hybridized carbons (Fsp3) is 0.182. The zero-order valence-electron chi connectivity index (χ0n) is 7.70. The minimum absolute atomic E-state index is 0.00233. The predicted molar refractivity (Wildman–Crippen MR) is 51.7 cm³/mol. The van der Waals surface area contributed by atoms with Gasteiger partial charge in [0.2, 0.25) is 0 Å². The van der Waals surface area contributed by atoms with E-state index in [1.54, 1.807) is 6.08 Å². The van der Waals surface area contributed by atoms with Gasteiger partial charge in [-0.25, -0.2) is 4.39 Å². The van der Waals surface area contributed by atoms with Crippen LogP contribution in [0.2, 0.25) is 0 Å². The van der Waals surface area contributed by atoms with Crippen molar-refractivity contribution in [1.29, 1.82) is 0 Å². The average Bonchev–Trinajstić information content (AvgIpc) is 2.19. The minimum Gasteiger partial charge on any atom is -0.369 e. The van der Waals surface area contributed by atoms with E-state index in [1.165, 1.54) is 24.3 Å². The van der Waals surface area contributed by atoms with Crippen LogP contribution in [0.5, 0.6) is 0 Å². The molecule has 1 rings (SSSR count). The molecule has 0 bridgehead atoms. The van der Waals surface area contributed by atoms with Crippen molar-refractivity contribution >= 4 is 5.78 Å². The summed E-state index contributed by atoms with van der Waals surface area (Å²) < 4.78 is 17.5. The molecule has 2 nitrogen and oxygen atoms in total. The molecule has 0 aromatic heterocycles. The van der Waals surface area contributed by atoms with Crippen LogP contribution in [-0.4, -0.2) is 19.0 Å². The molecule has 0 atom stereocenters. The van der Waals surface area contributed by atoms with E-state index in [2.05, 4.69) is 6.58 Å². The highest BCUT2D eigenvalue weighted by Crippen LogP contribution is 2.03. The lowest BCUT2D eigenvalue weighted by Gasteiger charge is -2.00. The molecule has 0 aliphatic carbocycles. The number of ketones is 1. The van der Waals surface area contributed by atoms with E-state index in [-0.39, 0.29) is 18.2 Å². The van der Waals surface area contributed by atoms with Crippen LogP contribution in [0.15, 0.2) is 36.9 Å². The van der Waals surface area contributed by atoms with Gasteiger partial charge in [-0.2, -0.15) is 0 Å². The second-order valence-electron chi connectivity index (χ2n) is 2.73. The Hall–Kier alpha value is -1.48. The van der Waals surface area contributed by atoms with Gasteiger partial charge in [0.25, 0.3) is 0 Å². The van der Waals surface area contributed by atoms with Gasteiger partial charge >= 0.3 is 0 Å². The molecule has 74 valence electrons. The highest BCUT2D eigenvalue weighted by Gasteiger charge is 2.04. The Morgan fingerprint density at radius 3 is 2.64 bits per heavy atom. The Bertz CT molecular complexity index is 317. The molecule has 14 heavy (non-hydrogen) atoms. The van der Waals surface area contributed by atoms with Crippen molar-refractivity contribution < 1.29 is 13.9 Å². The molecule has 0 aliphatic heterocycles. The molecule has 0 fully saturated rings. The number of carbonyl (C=O) groups excluding carboxylic acids is 1. The van der Waals surface area contributed by atoms with Gasteiger partial charge in [-0.3, -0.25) is 4.79 Å². The quantitative estimate of drug-likeness (QED) is 0.408. The van der Waals surface area contributed by atoms with Crippen LogP contribution in [-0.2, 0) is 4.74 Å². The Morgan fingerprint density at radius 2 is 2.07 bits per heavy atom. The first kappa shape index (κ1) is 10.6. The molecule has 0 heterocycles. The largest absolute Gasteiger partial charge is 0.369 e.